The fourth-order valence-corrected chi connectivity index (χ4v) is 1.96. The van der Waals surface area contributed by atoms with Crippen LogP contribution in [0.4, 0.5) is 4.39 Å². The molecule has 0 fully saturated rings. The molecule has 0 unspecified atom stereocenters. The zero-order chi connectivity index (χ0) is 17.4. The molecule has 0 saturated heterocycles. The minimum Gasteiger partial charge on any atom is -0.490 e. The Balaban J connectivity index is 2.09. The first-order valence-electron chi connectivity index (χ1n) is 7.31. The molecule has 0 amide bonds. The highest BCUT2D eigenvalue weighted by molar-refractivity contribution is 7.80. The van der Waals surface area contributed by atoms with Gasteiger partial charge in [0.05, 0.1) is 12.8 Å². The van der Waals surface area contributed by atoms with E-state index < -0.39 is 0 Å². The molecule has 0 aliphatic rings. The first-order valence-corrected chi connectivity index (χ1v) is 7.72. The van der Waals surface area contributed by atoms with E-state index in [1.165, 1.54) is 12.1 Å². The summed E-state index contributed by atoms with van der Waals surface area (Å²) < 4.78 is 24.3. The minimum atomic E-state index is -0.275. The summed E-state index contributed by atoms with van der Waals surface area (Å²) in [6, 6.07) is 11.6. The second-order valence-corrected chi connectivity index (χ2v) is 5.23. The van der Waals surface area contributed by atoms with Gasteiger partial charge in [-0.1, -0.05) is 12.1 Å². The average Bonchev–Trinajstić information content (AvgIpc) is 2.55. The predicted octanol–water partition coefficient (Wildman–Crippen LogP) is 2.97. The van der Waals surface area contributed by atoms with Gasteiger partial charge in [0.25, 0.3) is 0 Å². The molecule has 2 aromatic carbocycles. The van der Waals surface area contributed by atoms with E-state index in [-0.39, 0.29) is 10.9 Å². The Hall–Kier alpha value is -2.67. The van der Waals surface area contributed by atoms with E-state index in [1.807, 2.05) is 13.0 Å². The normalized spacial score (nSPS) is 10.6. The van der Waals surface area contributed by atoms with Crippen LogP contribution in [-0.4, -0.2) is 17.9 Å². The van der Waals surface area contributed by atoms with Crippen LogP contribution < -0.4 is 20.6 Å². The second kappa shape index (κ2) is 8.83. The summed E-state index contributed by atoms with van der Waals surface area (Å²) >= 11 is 4.67. The fraction of sp³-hybridized carbons (Fsp3) is 0.176. The van der Waals surface area contributed by atoms with Gasteiger partial charge in [-0.05, 0) is 60.6 Å². The van der Waals surface area contributed by atoms with Gasteiger partial charge in [-0.25, -0.2) is 4.39 Å². The van der Waals surface area contributed by atoms with Crippen molar-refractivity contribution in [1.29, 1.82) is 0 Å². The third-order valence-corrected chi connectivity index (χ3v) is 3.05. The third-order valence-electron chi connectivity index (χ3n) is 2.96. The molecule has 0 aromatic heterocycles. The van der Waals surface area contributed by atoms with E-state index in [2.05, 4.69) is 22.7 Å². The number of nitrogens with zero attached hydrogens (tertiary/aromatic N) is 1. The Morgan fingerprint density at radius 3 is 2.62 bits per heavy atom. The summed E-state index contributed by atoms with van der Waals surface area (Å²) in [5.41, 5.74) is 9.46. The Morgan fingerprint density at radius 2 is 1.96 bits per heavy atom. The van der Waals surface area contributed by atoms with Crippen LogP contribution in [0.2, 0.25) is 0 Å². The molecule has 126 valence electrons. The smallest absolute Gasteiger partial charge is 0.184 e. The number of rotatable bonds is 7. The van der Waals surface area contributed by atoms with Crippen LogP contribution in [0.15, 0.2) is 47.6 Å². The molecule has 0 saturated carbocycles. The topological polar surface area (TPSA) is 68.9 Å². The zero-order valence-corrected chi connectivity index (χ0v) is 14.0. The lowest BCUT2D eigenvalue weighted by atomic mass is 10.2. The van der Waals surface area contributed by atoms with Crippen molar-refractivity contribution >= 4 is 23.5 Å². The van der Waals surface area contributed by atoms with Gasteiger partial charge in [-0.15, -0.1) is 0 Å². The maximum Gasteiger partial charge on any atom is 0.184 e. The van der Waals surface area contributed by atoms with Crippen LogP contribution in [0, 0.1) is 5.82 Å². The van der Waals surface area contributed by atoms with Crippen molar-refractivity contribution in [3.8, 4) is 11.5 Å². The number of hydrogen-bond acceptors (Lipinski definition) is 4. The van der Waals surface area contributed by atoms with E-state index in [1.54, 1.807) is 30.5 Å². The number of nitrogens with one attached hydrogen (secondary N) is 1. The van der Waals surface area contributed by atoms with Crippen LogP contribution in [0.5, 0.6) is 11.5 Å². The van der Waals surface area contributed by atoms with Crippen molar-refractivity contribution in [3.63, 3.8) is 0 Å². The molecule has 0 aliphatic heterocycles. The number of thiocarbonyl (C=S) groups is 1. The van der Waals surface area contributed by atoms with Gasteiger partial charge in [0.2, 0.25) is 0 Å². The summed E-state index contributed by atoms with van der Waals surface area (Å²) in [4.78, 5) is 0. The average molecular weight is 347 g/mol. The second-order valence-electron chi connectivity index (χ2n) is 4.79. The Kier molecular flexibility index (Phi) is 6.51. The first-order chi connectivity index (χ1) is 11.6. The number of nitrogens with two attached hydrogens (primary N) is 1. The van der Waals surface area contributed by atoms with E-state index in [4.69, 9.17) is 15.2 Å². The van der Waals surface area contributed by atoms with Crippen molar-refractivity contribution < 1.29 is 13.9 Å². The van der Waals surface area contributed by atoms with Gasteiger partial charge < -0.3 is 15.2 Å². The van der Waals surface area contributed by atoms with Crippen molar-refractivity contribution in [2.75, 3.05) is 6.61 Å². The third kappa shape index (κ3) is 5.51. The van der Waals surface area contributed by atoms with E-state index in [0.717, 1.165) is 11.1 Å². The Labute approximate surface area is 145 Å². The summed E-state index contributed by atoms with van der Waals surface area (Å²) in [5, 5.41) is 3.99. The van der Waals surface area contributed by atoms with Crippen LogP contribution in [-0.2, 0) is 6.61 Å². The van der Waals surface area contributed by atoms with E-state index >= 15 is 0 Å². The highest BCUT2D eigenvalue weighted by Crippen LogP contribution is 2.28. The molecule has 24 heavy (non-hydrogen) atoms. The Morgan fingerprint density at radius 1 is 1.21 bits per heavy atom. The van der Waals surface area contributed by atoms with Crippen LogP contribution >= 0.6 is 12.2 Å². The SMILES string of the molecule is CCOc1cc(/C=N\NC(N)=S)ccc1OCc1ccc(F)cc1. The van der Waals surface area contributed by atoms with Crippen LogP contribution in [0.1, 0.15) is 18.1 Å². The van der Waals surface area contributed by atoms with Crippen LogP contribution in [0.25, 0.3) is 0 Å². The number of hydrazone groups is 1. The van der Waals surface area contributed by atoms with Crippen molar-refractivity contribution in [2.45, 2.75) is 13.5 Å². The quantitative estimate of drug-likeness (QED) is 0.458. The van der Waals surface area contributed by atoms with Gasteiger partial charge in [0.1, 0.15) is 12.4 Å². The molecule has 0 bridgehead atoms. The lowest BCUT2D eigenvalue weighted by Crippen LogP contribution is -2.23. The molecule has 0 spiro atoms. The van der Waals surface area contributed by atoms with Crippen LogP contribution in [0.3, 0.4) is 0 Å². The van der Waals surface area contributed by atoms with Gasteiger partial charge >= 0.3 is 0 Å². The summed E-state index contributed by atoms with van der Waals surface area (Å²) in [6.45, 7) is 2.70. The monoisotopic (exact) mass is 347 g/mol. The maximum absolute atomic E-state index is 12.9. The summed E-state index contributed by atoms with van der Waals surface area (Å²) in [7, 11) is 0. The summed E-state index contributed by atoms with van der Waals surface area (Å²) in [5.74, 6) is 0.919. The molecule has 0 heterocycles. The zero-order valence-electron chi connectivity index (χ0n) is 13.2. The van der Waals surface area contributed by atoms with E-state index in [9.17, 15) is 4.39 Å². The molecule has 2 aromatic rings. The number of benzene rings is 2. The molecule has 0 aliphatic carbocycles. The van der Waals surface area contributed by atoms with Crippen molar-refractivity contribution in [3.05, 3.63) is 59.4 Å². The molecule has 3 N–H and O–H groups in total. The lowest BCUT2D eigenvalue weighted by Gasteiger charge is -2.12. The maximum atomic E-state index is 12.9. The lowest BCUT2D eigenvalue weighted by molar-refractivity contribution is 0.269. The van der Waals surface area contributed by atoms with E-state index in [0.29, 0.717) is 24.7 Å². The number of hydrogen-bond donors (Lipinski definition) is 2. The highest BCUT2D eigenvalue weighted by atomic mass is 32.1. The van der Waals surface area contributed by atoms with Gasteiger partial charge in [0.15, 0.2) is 16.6 Å². The molecular formula is C17H18FN3O2S. The summed E-state index contributed by atoms with van der Waals surface area (Å²) in [6.07, 6.45) is 1.57. The first kappa shape index (κ1) is 17.7. The Bertz CT molecular complexity index is 720. The molecule has 0 atom stereocenters. The van der Waals surface area contributed by atoms with Gasteiger partial charge in [-0.2, -0.15) is 5.10 Å². The minimum absolute atomic E-state index is 0.0931. The molecule has 7 heteroatoms. The highest BCUT2D eigenvalue weighted by Gasteiger charge is 2.06. The molecule has 2 rings (SSSR count). The van der Waals surface area contributed by atoms with Gasteiger partial charge in [0, 0.05) is 0 Å². The fourth-order valence-electron chi connectivity index (χ4n) is 1.90. The standard InChI is InChI=1S/C17H18FN3O2S/c1-2-22-16-9-13(10-20-21-17(19)24)5-8-15(16)23-11-12-3-6-14(18)7-4-12/h3-10H,2,11H2,1H3,(H3,19,21,24)/b20-10-. The largest absolute Gasteiger partial charge is 0.490 e. The number of ether oxygens (including phenoxy) is 2. The van der Waals surface area contributed by atoms with Gasteiger partial charge in [-0.3, -0.25) is 5.43 Å². The van der Waals surface area contributed by atoms with Crippen molar-refractivity contribution in [2.24, 2.45) is 10.8 Å². The molecule has 5 nitrogen and oxygen atoms in total. The molecule has 0 radical (unpaired) electrons. The molecular weight excluding hydrogens is 329 g/mol. The number of halogens is 1. The predicted molar refractivity (Wildman–Crippen MR) is 95.9 cm³/mol. The van der Waals surface area contributed by atoms with Crippen molar-refractivity contribution in [1.82, 2.24) is 5.43 Å².